The second-order valence-corrected chi connectivity index (χ2v) is 2.84. The standard InChI is InChI=1S/C7H13F2N/c8-7(9)4-6-2-1-3-10-5-6/h6-7,10H,1-5H2/t6-/m1/s1. The van der Waals surface area contributed by atoms with Crippen molar-refractivity contribution in [2.75, 3.05) is 13.1 Å². The number of hydrogen-bond donors (Lipinski definition) is 1. The predicted octanol–water partition coefficient (Wildman–Crippen LogP) is 1.64. The maximum Gasteiger partial charge on any atom is 0.238 e. The molecule has 1 rings (SSSR count). The summed E-state index contributed by atoms with van der Waals surface area (Å²) in [5.74, 6) is 0.216. The lowest BCUT2D eigenvalue weighted by atomic mass is 9.97. The van der Waals surface area contributed by atoms with Crippen LogP contribution in [0.5, 0.6) is 0 Å². The Balaban J connectivity index is 2.13. The van der Waals surface area contributed by atoms with Crippen molar-refractivity contribution in [2.45, 2.75) is 25.7 Å². The van der Waals surface area contributed by atoms with E-state index >= 15 is 0 Å². The van der Waals surface area contributed by atoms with E-state index in [0.29, 0.717) is 0 Å². The topological polar surface area (TPSA) is 12.0 Å². The highest BCUT2D eigenvalue weighted by molar-refractivity contribution is 4.69. The van der Waals surface area contributed by atoms with E-state index in [1.165, 1.54) is 0 Å². The average molecular weight is 149 g/mol. The van der Waals surface area contributed by atoms with Crippen LogP contribution < -0.4 is 5.32 Å². The summed E-state index contributed by atoms with van der Waals surface area (Å²) in [7, 11) is 0. The van der Waals surface area contributed by atoms with Gasteiger partial charge < -0.3 is 5.32 Å². The quantitative estimate of drug-likeness (QED) is 0.629. The molecule has 1 fully saturated rings. The Morgan fingerprint density at radius 1 is 1.50 bits per heavy atom. The smallest absolute Gasteiger partial charge is 0.238 e. The van der Waals surface area contributed by atoms with Gasteiger partial charge in [0.1, 0.15) is 0 Å². The van der Waals surface area contributed by atoms with Crippen molar-refractivity contribution in [3.8, 4) is 0 Å². The molecule has 1 N–H and O–H groups in total. The molecule has 0 saturated carbocycles. The van der Waals surface area contributed by atoms with E-state index in [9.17, 15) is 8.78 Å². The molecule has 0 aliphatic carbocycles. The van der Waals surface area contributed by atoms with Crippen LogP contribution >= 0.6 is 0 Å². The molecule has 1 atom stereocenters. The maximum absolute atomic E-state index is 11.8. The molecule has 1 aliphatic rings. The molecule has 60 valence electrons. The fraction of sp³-hybridized carbons (Fsp3) is 1.00. The van der Waals surface area contributed by atoms with Crippen LogP contribution in [0.25, 0.3) is 0 Å². The van der Waals surface area contributed by atoms with E-state index in [1.807, 2.05) is 0 Å². The van der Waals surface area contributed by atoms with Crippen LogP contribution in [-0.4, -0.2) is 19.5 Å². The third-order valence-electron chi connectivity index (χ3n) is 1.91. The summed E-state index contributed by atoms with van der Waals surface area (Å²) in [5.41, 5.74) is 0. The van der Waals surface area contributed by atoms with Gasteiger partial charge in [-0.15, -0.1) is 0 Å². The summed E-state index contributed by atoms with van der Waals surface area (Å²) in [6.07, 6.45) is -0.0215. The van der Waals surface area contributed by atoms with Crippen LogP contribution in [0.3, 0.4) is 0 Å². The van der Waals surface area contributed by atoms with Crippen LogP contribution in [0.15, 0.2) is 0 Å². The van der Waals surface area contributed by atoms with Crippen LogP contribution in [0, 0.1) is 5.92 Å². The zero-order valence-corrected chi connectivity index (χ0v) is 5.95. The van der Waals surface area contributed by atoms with Crippen molar-refractivity contribution < 1.29 is 8.78 Å². The maximum atomic E-state index is 11.8. The van der Waals surface area contributed by atoms with Gasteiger partial charge in [0.15, 0.2) is 0 Å². The summed E-state index contributed by atoms with van der Waals surface area (Å²) < 4.78 is 23.6. The Morgan fingerprint density at radius 2 is 2.30 bits per heavy atom. The molecule has 0 radical (unpaired) electrons. The molecule has 0 spiro atoms. The van der Waals surface area contributed by atoms with Crippen LogP contribution in [0.2, 0.25) is 0 Å². The number of halogens is 2. The van der Waals surface area contributed by atoms with Crippen molar-refractivity contribution in [3.05, 3.63) is 0 Å². The Morgan fingerprint density at radius 3 is 2.80 bits per heavy atom. The highest BCUT2D eigenvalue weighted by Gasteiger charge is 2.16. The van der Waals surface area contributed by atoms with E-state index in [0.717, 1.165) is 25.9 Å². The first-order chi connectivity index (χ1) is 4.79. The van der Waals surface area contributed by atoms with Gasteiger partial charge in [0.05, 0.1) is 0 Å². The number of alkyl halides is 2. The molecule has 3 heteroatoms. The lowest BCUT2D eigenvalue weighted by Crippen LogP contribution is -2.30. The minimum atomic E-state index is -2.12. The molecule has 0 aromatic carbocycles. The summed E-state index contributed by atoms with van der Waals surface area (Å²) in [4.78, 5) is 0. The van der Waals surface area contributed by atoms with Crippen molar-refractivity contribution >= 4 is 0 Å². The Bertz CT molecular complexity index is 89.6. The first-order valence-corrected chi connectivity index (χ1v) is 3.78. The summed E-state index contributed by atoms with van der Waals surface area (Å²) in [5, 5.41) is 3.11. The fourth-order valence-electron chi connectivity index (χ4n) is 1.38. The van der Waals surface area contributed by atoms with Gasteiger partial charge in [-0.1, -0.05) is 0 Å². The number of hydrogen-bond acceptors (Lipinski definition) is 1. The van der Waals surface area contributed by atoms with Crippen molar-refractivity contribution in [1.82, 2.24) is 5.32 Å². The molecule has 0 aromatic rings. The Hall–Kier alpha value is -0.180. The largest absolute Gasteiger partial charge is 0.316 e. The van der Waals surface area contributed by atoms with E-state index in [1.54, 1.807) is 0 Å². The lowest BCUT2D eigenvalue weighted by Gasteiger charge is -2.21. The molecular formula is C7H13F2N. The number of nitrogens with one attached hydrogen (secondary N) is 1. The van der Waals surface area contributed by atoms with Gasteiger partial charge in [0.25, 0.3) is 0 Å². The zero-order chi connectivity index (χ0) is 7.40. The minimum absolute atomic E-state index is 0.0764. The van der Waals surface area contributed by atoms with Gasteiger partial charge in [0.2, 0.25) is 6.43 Å². The first-order valence-electron chi connectivity index (χ1n) is 3.78. The molecule has 1 nitrogen and oxygen atoms in total. The third-order valence-corrected chi connectivity index (χ3v) is 1.91. The molecule has 0 unspecified atom stereocenters. The molecule has 1 saturated heterocycles. The van der Waals surface area contributed by atoms with Crippen LogP contribution in [-0.2, 0) is 0 Å². The normalized spacial score (nSPS) is 27.3. The second-order valence-electron chi connectivity index (χ2n) is 2.84. The van der Waals surface area contributed by atoms with E-state index in [2.05, 4.69) is 5.32 Å². The van der Waals surface area contributed by atoms with Crippen molar-refractivity contribution in [2.24, 2.45) is 5.92 Å². The van der Waals surface area contributed by atoms with Gasteiger partial charge in [-0.2, -0.15) is 0 Å². The molecular weight excluding hydrogens is 136 g/mol. The van der Waals surface area contributed by atoms with Crippen molar-refractivity contribution in [1.29, 1.82) is 0 Å². The minimum Gasteiger partial charge on any atom is -0.316 e. The molecule has 0 aromatic heterocycles. The zero-order valence-electron chi connectivity index (χ0n) is 5.95. The van der Waals surface area contributed by atoms with Gasteiger partial charge in [-0.05, 0) is 31.8 Å². The molecule has 10 heavy (non-hydrogen) atoms. The van der Waals surface area contributed by atoms with Gasteiger partial charge in [0, 0.05) is 6.42 Å². The monoisotopic (exact) mass is 149 g/mol. The SMILES string of the molecule is FC(F)C[C@H]1CCCNC1. The summed E-state index contributed by atoms with van der Waals surface area (Å²) >= 11 is 0. The third kappa shape index (κ3) is 2.60. The van der Waals surface area contributed by atoms with Gasteiger partial charge in [-0.25, -0.2) is 8.78 Å². The fourth-order valence-corrected chi connectivity index (χ4v) is 1.38. The summed E-state index contributed by atoms with van der Waals surface area (Å²) in [6, 6.07) is 0. The molecule has 1 aliphatic heterocycles. The number of piperidine rings is 1. The molecule has 0 bridgehead atoms. The first kappa shape index (κ1) is 7.92. The molecule has 0 amide bonds. The highest BCUT2D eigenvalue weighted by atomic mass is 19.3. The van der Waals surface area contributed by atoms with E-state index in [-0.39, 0.29) is 12.3 Å². The van der Waals surface area contributed by atoms with Crippen LogP contribution in [0.1, 0.15) is 19.3 Å². The van der Waals surface area contributed by atoms with E-state index < -0.39 is 6.43 Å². The predicted molar refractivity (Wildman–Crippen MR) is 36.2 cm³/mol. The second kappa shape index (κ2) is 3.86. The lowest BCUT2D eigenvalue weighted by molar-refractivity contribution is 0.107. The van der Waals surface area contributed by atoms with Crippen LogP contribution in [0.4, 0.5) is 8.78 Å². The molecule has 1 heterocycles. The number of rotatable bonds is 2. The summed E-state index contributed by atoms with van der Waals surface area (Å²) in [6.45, 7) is 1.78. The van der Waals surface area contributed by atoms with E-state index in [4.69, 9.17) is 0 Å². The highest BCUT2D eigenvalue weighted by Crippen LogP contribution is 2.17. The van der Waals surface area contributed by atoms with Gasteiger partial charge >= 0.3 is 0 Å². The van der Waals surface area contributed by atoms with Crippen molar-refractivity contribution in [3.63, 3.8) is 0 Å². The Labute approximate surface area is 59.8 Å². The van der Waals surface area contributed by atoms with Gasteiger partial charge in [-0.3, -0.25) is 0 Å². The average Bonchev–Trinajstić information content (AvgIpc) is 1.88. The Kier molecular flexibility index (Phi) is 3.06.